The van der Waals surface area contributed by atoms with Crippen LogP contribution in [-0.2, 0) is 4.74 Å². The molecule has 0 radical (unpaired) electrons. The maximum atomic E-state index is 6.08. The summed E-state index contributed by atoms with van der Waals surface area (Å²) < 4.78 is 6.41. The van der Waals surface area contributed by atoms with E-state index in [1.807, 2.05) is 12.1 Å². The van der Waals surface area contributed by atoms with Crippen LogP contribution in [0.4, 0.5) is 11.4 Å². The minimum Gasteiger partial charge on any atom is -0.396 e. The van der Waals surface area contributed by atoms with E-state index in [4.69, 9.17) is 10.5 Å². The van der Waals surface area contributed by atoms with E-state index in [1.54, 1.807) is 6.20 Å². The molecule has 1 aliphatic rings. The summed E-state index contributed by atoms with van der Waals surface area (Å²) in [5.41, 5.74) is 8.71. The lowest BCUT2D eigenvalue weighted by molar-refractivity contribution is 0.0905. The average molecular weight is 322 g/mol. The molecule has 0 spiro atoms. The summed E-state index contributed by atoms with van der Waals surface area (Å²) in [7, 11) is 0. The summed E-state index contributed by atoms with van der Waals surface area (Å²) in [5.74, 6) is 0. The molecule has 2 aromatic rings. The maximum Gasteiger partial charge on any atom is 0.0743 e. The van der Waals surface area contributed by atoms with Gasteiger partial charge in [-0.25, -0.2) is 0 Å². The van der Waals surface area contributed by atoms with Gasteiger partial charge in [0, 0.05) is 29.1 Å². The lowest BCUT2D eigenvalue weighted by Gasteiger charge is -2.25. The topological polar surface area (TPSA) is 60.2 Å². The molecule has 1 aliphatic heterocycles. The molecule has 0 bridgehead atoms. The molecule has 5 heteroatoms. The van der Waals surface area contributed by atoms with E-state index in [1.165, 1.54) is 0 Å². The molecule has 1 fully saturated rings. The van der Waals surface area contributed by atoms with E-state index < -0.39 is 0 Å². The van der Waals surface area contributed by atoms with Crippen molar-refractivity contribution in [3.05, 3.63) is 28.9 Å². The molecular weight excluding hydrogens is 306 g/mol. The number of rotatable bonds is 2. The third-order valence-electron chi connectivity index (χ3n) is 3.43. The standard InChI is InChI=1S/C14H16BrN3O/c15-9-1-2-13-11(7-9)14(12(16)8-17-13)18-10-3-5-19-6-4-10/h1-2,7-8,10H,3-6,16H2,(H,17,18). The molecule has 1 saturated heterocycles. The van der Waals surface area contributed by atoms with Crippen LogP contribution < -0.4 is 11.1 Å². The summed E-state index contributed by atoms with van der Waals surface area (Å²) in [5, 5.41) is 4.61. The van der Waals surface area contributed by atoms with E-state index in [0.717, 1.165) is 47.1 Å². The molecule has 3 rings (SSSR count). The number of hydrogen-bond donors (Lipinski definition) is 2. The van der Waals surface area contributed by atoms with Crippen LogP contribution in [0.3, 0.4) is 0 Å². The van der Waals surface area contributed by atoms with E-state index in [0.29, 0.717) is 11.7 Å². The number of nitrogens with zero attached hydrogens (tertiary/aromatic N) is 1. The highest BCUT2D eigenvalue weighted by molar-refractivity contribution is 9.10. The summed E-state index contributed by atoms with van der Waals surface area (Å²) in [6, 6.07) is 6.46. The van der Waals surface area contributed by atoms with Crippen molar-refractivity contribution in [2.75, 3.05) is 24.3 Å². The Balaban J connectivity index is 2.00. The second-order valence-corrected chi connectivity index (χ2v) is 5.70. The third-order valence-corrected chi connectivity index (χ3v) is 3.92. The number of nitrogens with two attached hydrogens (primary N) is 1. The van der Waals surface area contributed by atoms with Crippen LogP contribution in [0.1, 0.15) is 12.8 Å². The van der Waals surface area contributed by atoms with Crippen LogP contribution >= 0.6 is 15.9 Å². The molecule has 0 saturated carbocycles. The molecular formula is C14H16BrN3O. The lowest BCUT2D eigenvalue weighted by Crippen LogP contribution is -2.28. The van der Waals surface area contributed by atoms with Crippen molar-refractivity contribution < 1.29 is 4.74 Å². The quantitative estimate of drug-likeness (QED) is 0.891. The zero-order valence-electron chi connectivity index (χ0n) is 10.5. The first-order valence-corrected chi connectivity index (χ1v) is 7.21. The fraction of sp³-hybridized carbons (Fsp3) is 0.357. The van der Waals surface area contributed by atoms with Crippen LogP contribution in [0, 0.1) is 0 Å². The lowest BCUT2D eigenvalue weighted by atomic mass is 10.1. The van der Waals surface area contributed by atoms with Gasteiger partial charge in [-0.2, -0.15) is 0 Å². The van der Waals surface area contributed by atoms with Gasteiger partial charge in [-0.3, -0.25) is 4.98 Å². The number of nitrogen functional groups attached to an aromatic ring is 1. The summed E-state index contributed by atoms with van der Waals surface area (Å²) in [6.07, 6.45) is 3.74. The Hall–Kier alpha value is -1.33. The average Bonchev–Trinajstić information content (AvgIpc) is 2.43. The number of nitrogens with one attached hydrogen (secondary N) is 1. The Labute approximate surface area is 120 Å². The van der Waals surface area contributed by atoms with Gasteiger partial charge < -0.3 is 15.8 Å². The minimum absolute atomic E-state index is 0.417. The second-order valence-electron chi connectivity index (χ2n) is 4.78. The monoisotopic (exact) mass is 321 g/mol. The Bertz CT molecular complexity index is 591. The van der Waals surface area contributed by atoms with Gasteiger partial charge in [0.15, 0.2) is 0 Å². The summed E-state index contributed by atoms with van der Waals surface area (Å²) >= 11 is 3.50. The van der Waals surface area contributed by atoms with Gasteiger partial charge >= 0.3 is 0 Å². The summed E-state index contributed by atoms with van der Waals surface area (Å²) in [6.45, 7) is 1.62. The van der Waals surface area contributed by atoms with Gasteiger partial charge in [-0.15, -0.1) is 0 Å². The van der Waals surface area contributed by atoms with Crippen molar-refractivity contribution in [1.29, 1.82) is 0 Å². The molecule has 0 amide bonds. The van der Waals surface area contributed by atoms with E-state index >= 15 is 0 Å². The Kier molecular flexibility index (Phi) is 3.57. The number of pyridine rings is 1. The van der Waals surface area contributed by atoms with Crippen molar-refractivity contribution in [2.24, 2.45) is 0 Å². The molecule has 1 aromatic heterocycles. The fourth-order valence-electron chi connectivity index (χ4n) is 2.39. The van der Waals surface area contributed by atoms with Crippen molar-refractivity contribution in [3.8, 4) is 0 Å². The molecule has 19 heavy (non-hydrogen) atoms. The van der Waals surface area contributed by atoms with Gasteiger partial charge in [0.1, 0.15) is 0 Å². The van der Waals surface area contributed by atoms with Crippen molar-refractivity contribution in [1.82, 2.24) is 4.98 Å². The molecule has 1 aromatic carbocycles. The molecule has 0 unspecified atom stereocenters. The number of fused-ring (bicyclic) bond motifs is 1. The van der Waals surface area contributed by atoms with Crippen LogP contribution in [0.15, 0.2) is 28.9 Å². The Morgan fingerprint density at radius 2 is 2.11 bits per heavy atom. The van der Waals surface area contributed by atoms with E-state index in [9.17, 15) is 0 Å². The molecule has 100 valence electrons. The molecule has 0 aliphatic carbocycles. The molecule has 2 heterocycles. The van der Waals surface area contributed by atoms with Crippen molar-refractivity contribution in [2.45, 2.75) is 18.9 Å². The zero-order valence-corrected chi connectivity index (χ0v) is 12.1. The largest absolute Gasteiger partial charge is 0.396 e. The Morgan fingerprint density at radius 3 is 2.89 bits per heavy atom. The zero-order chi connectivity index (χ0) is 13.2. The highest BCUT2D eigenvalue weighted by atomic mass is 79.9. The van der Waals surface area contributed by atoms with Crippen LogP contribution in [-0.4, -0.2) is 24.2 Å². The maximum absolute atomic E-state index is 6.08. The molecule has 4 nitrogen and oxygen atoms in total. The van der Waals surface area contributed by atoms with E-state index in [-0.39, 0.29) is 0 Å². The highest BCUT2D eigenvalue weighted by Gasteiger charge is 2.16. The predicted octanol–water partition coefficient (Wildman–Crippen LogP) is 3.17. The van der Waals surface area contributed by atoms with Gasteiger partial charge in [-0.05, 0) is 31.0 Å². The normalized spacial score (nSPS) is 16.7. The van der Waals surface area contributed by atoms with Crippen molar-refractivity contribution in [3.63, 3.8) is 0 Å². The van der Waals surface area contributed by atoms with Gasteiger partial charge in [0.05, 0.1) is 23.1 Å². The number of ether oxygens (including phenoxy) is 1. The van der Waals surface area contributed by atoms with Gasteiger partial charge in [0.2, 0.25) is 0 Å². The van der Waals surface area contributed by atoms with Crippen molar-refractivity contribution >= 4 is 38.2 Å². The van der Waals surface area contributed by atoms with Crippen LogP contribution in [0.2, 0.25) is 0 Å². The highest BCUT2D eigenvalue weighted by Crippen LogP contribution is 2.31. The first-order chi connectivity index (χ1) is 9.24. The Morgan fingerprint density at radius 1 is 1.32 bits per heavy atom. The number of aromatic nitrogens is 1. The molecule has 3 N–H and O–H groups in total. The van der Waals surface area contributed by atoms with Gasteiger partial charge in [-0.1, -0.05) is 15.9 Å². The first kappa shape index (κ1) is 12.7. The van der Waals surface area contributed by atoms with E-state index in [2.05, 4.69) is 32.3 Å². The second kappa shape index (κ2) is 5.35. The van der Waals surface area contributed by atoms with Crippen LogP contribution in [0.25, 0.3) is 10.9 Å². The first-order valence-electron chi connectivity index (χ1n) is 6.42. The van der Waals surface area contributed by atoms with Gasteiger partial charge in [0.25, 0.3) is 0 Å². The number of hydrogen-bond acceptors (Lipinski definition) is 4. The third kappa shape index (κ3) is 2.67. The smallest absolute Gasteiger partial charge is 0.0743 e. The van der Waals surface area contributed by atoms with Crippen LogP contribution in [0.5, 0.6) is 0 Å². The minimum atomic E-state index is 0.417. The SMILES string of the molecule is Nc1cnc2ccc(Br)cc2c1NC1CCOCC1. The number of anilines is 2. The predicted molar refractivity (Wildman–Crippen MR) is 81.3 cm³/mol. The molecule has 0 atom stereocenters. The number of halogens is 1. The fourth-order valence-corrected chi connectivity index (χ4v) is 2.75. The summed E-state index contributed by atoms with van der Waals surface area (Å²) in [4.78, 5) is 4.37. The number of benzene rings is 1.